The molecule has 2 aliphatic rings. The van der Waals surface area contributed by atoms with E-state index in [-0.39, 0.29) is 23.0 Å². The zero-order chi connectivity index (χ0) is 27.1. The van der Waals surface area contributed by atoms with Crippen molar-refractivity contribution in [3.8, 4) is 0 Å². The van der Waals surface area contributed by atoms with Crippen LogP contribution in [0, 0.1) is 11.8 Å². The van der Waals surface area contributed by atoms with Crippen LogP contribution in [0.4, 0.5) is 4.79 Å². The highest BCUT2D eigenvalue weighted by molar-refractivity contribution is 6.74. The fraction of sp³-hybridized carbons (Fsp3) is 0.483. The molecule has 3 amide bonds. The molecule has 8 heteroatoms. The molecule has 7 nitrogen and oxygen atoms in total. The van der Waals surface area contributed by atoms with Gasteiger partial charge in [-0.1, -0.05) is 88.4 Å². The first-order valence-corrected chi connectivity index (χ1v) is 15.9. The fourth-order valence-electron chi connectivity index (χ4n) is 5.02. The molecule has 198 valence electrons. The van der Waals surface area contributed by atoms with E-state index in [1.54, 1.807) is 6.92 Å². The van der Waals surface area contributed by atoms with E-state index in [1.807, 2.05) is 67.6 Å². The Morgan fingerprint density at radius 1 is 0.973 bits per heavy atom. The summed E-state index contributed by atoms with van der Waals surface area (Å²) in [5, 5.41) is 2.90. The summed E-state index contributed by atoms with van der Waals surface area (Å²) < 4.78 is 12.3. The van der Waals surface area contributed by atoms with Crippen LogP contribution in [-0.2, 0) is 18.8 Å². The van der Waals surface area contributed by atoms with Crippen molar-refractivity contribution in [3.05, 3.63) is 71.8 Å². The molecule has 0 saturated carbocycles. The van der Waals surface area contributed by atoms with Crippen LogP contribution in [0.3, 0.4) is 0 Å². The highest BCUT2D eigenvalue weighted by Crippen LogP contribution is 2.45. The number of β-lactam (4-membered cyclic amide) rings is 1. The second-order valence-electron chi connectivity index (χ2n) is 11.7. The number of hydrogen-bond donors (Lipinski definition) is 1. The number of benzene rings is 2. The number of carbonyl (C=O) groups is 3. The summed E-state index contributed by atoms with van der Waals surface area (Å²) in [5.41, 5.74) is 1.63. The van der Waals surface area contributed by atoms with Crippen LogP contribution in [-0.4, -0.2) is 43.3 Å². The Morgan fingerprint density at radius 2 is 1.51 bits per heavy atom. The third kappa shape index (κ3) is 5.09. The van der Waals surface area contributed by atoms with E-state index in [0.717, 1.165) is 11.1 Å². The van der Waals surface area contributed by atoms with Gasteiger partial charge in [0.2, 0.25) is 11.8 Å². The van der Waals surface area contributed by atoms with Gasteiger partial charge < -0.3 is 14.5 Å². The predicted octanol–water partition coefficient (Wildman–Crippen LogP) is 5.61. The zero-order valence-electron chi connectivity index (χ0n) is 22.7. The summed E-state index contributed by atoms with van der Waals surface area (Å²) in [5.74, 6) is -1.60. The molecule has 2 fully saturated rings. The van der Waals surface area contributed by atoms with Gasteiger partial charge in [0.25, 0.3) is 0 Å². The van der Waals surface area contributed by atoms with Gasteiger partial charge in [0, 0.05) is 0 Å². The molecule has 37 heavy (non-hydrogen) atoms. The van der Waals surface area contributed by atoms with Crippen molar-refractivity contribution < 1.29 is 23.5 Å². The number of hydrogen-bond acceptors (Lipinski definition) is 5. The van der Waals surface area contributed by atoms with Crippen molar-refractivity contribution in [2.45, 2.75) is 77.0 Å². The van der Waals surface area contributed by atoms with E-state index in [2.05, 4.69) is 39.2 Å². The average Bonchev–Trinajstić information content (AvgIpc) is 3.18. The fourth-order valence-corrected chi connectivity index (χ4v) is 6.45. The normalized spacial score (nSPS) is 25.6. The van der Waals surface area contributed by atoms with Gasteiger partial charge in [0.05, 0.1) is 24.0 Å². The quantitative estimate of drug-likeness (QED) is 0.377. The first-order chi connectivity index (χ1) is 17.3. The van der Waals surface area contributed by atoms with Crippen molar-refractivity contribution >= 4 is 26.2 Å². The van der Waals surface area contributed by atoms with Crippen LogP contribution in [0.25, 0.3) is 0 Å². The Balaban J connectivity index is 1.59. The maximum atomic E-state index is 13.9. The second kappa shape index (κ2) is 10.1. The first-order valence-electron chi connectivity index (χ1n) is 13.0. The number of nitrogens with one attached hydrogen (secondary N) is 1. The summed E-state index contributed by atoms with van der Waals surface area (Å²) in [6, 6.07) is 17.9. The van der Waals surface area contributed by atoms with Crippen LogP contribution in [0.1, 0.15) is 57.9 Å². The number of imide groups is 1. The van der Waals surface area contributed by atoms with Gasteiger partial charge in [-0.15, -0.1) is 0 Å². The predicted molar refractivity (Wildman–Crippen MR) is 144 cm³/mol. The number of amides is 3. The van der Waals surface area contributed by atoms with Crippen LogP contribution >= 0.6 is 0 Å². The lowest BCUT2D eigenvalue weighted by atomic mass is 9.78. The molecule has 0 aromatic heterocycles. The number of ether oxygens (including phenoxy) is 1. The van der Waals surface area contributed by atoms with E-state index in [0.29, 0.717) is 0 Å². The Hall–Kier alpha value is -2.97. The molecule has 0 spiro atoms. The van der Waals surface area contributed by atoms with Crippen LogP contribution in [0.5, 0.6) is 0 Å². The minimum Gasteiger partial charge on any atom is -0.438 e. The number of carbonyl (C=O) groups excluding carboxylic acids is 3. The second-order valence-corrected chi connectivity index (χ2v) is 16.5. The Kier molecular flexibility index (Phi) is 7.36. The number of cyclic esters (lactones) is 1. The molecule has 2 aromatic rings. The van der Waals surface area contributed by atoms with Crippen molar-refractivity contribution in [2.24, 2.45) is 11.8 Å². The lowest BCUT2D eigenvalue weighted by Crippen LogP contribution is -2.67. The van der Waals surface area contributed by atoms with E-state index < -0.39 is 44.4 Å². The highest BCUT2D eigenvalue weighted by atomic mass is 28.4. The smallest absolute Gasteiger partial charge is 0.417 e. The van der Waals surface area contributed by atoms with Gasteiger partial charge in [-0.2, -0.15) is 0 Å². The molecule has 0 radical (unpaired) electrons. The van der Waals surface area contributed by atoms with Crippen LogP contribution in [0.2, 0.25) is 18.1 Å². The zero-order valence-corrected chi connectivity index (χ0v) is 23.7. The Morgan fingerprint density at radius 3 is 2.03 bits per heavy atom. The lowest BCUT2D eigenvalue weighted by molar-refractivity contribution is -0.147. The molecule has 2 aliphatic heterocycles. The Labute approximate surface area is 220 Å². The number of rotatable bonds is 7. The van der Waals surface area contributed by atoms with Crippen molar-refractivity contribution in [2.75, 3.05) is 0 Å². The van der Waals surface area contributed by atoms with Crippen molar-refractivity contribution in [1.29, 1.82) is 0 Å². The topological polar surface area (TPSA) is 84.9 Å². The van der Waals surface area contributed by atoms with Gasteiger partial charge in [0.1, 0.15) is 6.04 Å². The molecule has 2 aromatic carbocycles. The van der Waals surface area contributed by atoms with Crippen molar-refractivity contribution in [1.82, 2.24) is 10.2 Å². The molecule has 0 aliphatic carbocycles. The summed E-state index contributed by atoms with van der Waals surface area (Å²) in [4.78, 5) is 41.0. The molecule has 2 saturated heterocycles. The number of nitrogens with zero attached hydrogens (tertiary/aromatic N) is 1. The lowest BCUT2D eigenvalue weighted by Gasteiger charge is -2.47. The molecule has 0 bridgehead atoms. The molecule has 6 atom stereocenters. The van der Waals surface area contributed by atoms with Gasteiger partial charge in [-0.3, -0.25) is 9.59 Å². The summed E-state index contributed by atoms with van der Waals surface area (Å²) >= 11 is 0. The van der Waals surface area contributed by atoms with Crippen LogP contribution < -0.4 is 5.32 Å². The minimum absolute atomic E-state index is 0.00686. The monoisotopic (exact) mass is 522 g/mol. The Bertz CT molecular complexity index is 1150. The minimum atomic E-state index is -2.12. The van der Waals surface area contributed by atoms with Gasteiger partial charge >= 0.3 is 6.09 Å². The highest BCUT2D eigenvalue weighted by Gasteiger charge is 2.54. The van der Waals surface area contributed by atoms with Gasteiger partial charge in [-0.25, -0.2) is 9.69 Å². The van der Waals surface area contributed by atoms with E-state index in [9.17, 15) is 14.4 Å². The largest absolute Gasteiger partial charge is 0.438 e. The van der Waals surface area contributed by atoms with E-state index in [4.69, 9.17) is 9.16 Å². The molecule has 2 heterocycles. The molecule has 4 rings (SSSR count). The molecule has 0 unspecified atom stereocenters. The third-order valence-electron chi connectivity index (χ3n) is 8.22. The van der Waals surface area contributed by atoms with Crippen molar-refractivity contribution in [3.63, 3.8) is 0 Å². The van der Waals surface area contributed by atoms with Crippen LogP contribution in [0.15, 0.2) is 60.7 Å². The average molecular weight is 523 g/mol. The summed E-state index contributed by atoms with van der Waals surface area (Å²) in [6.07, 6.45) is -1.64. The van der Waals surface area contributed by atoms with E-state index in [1.165, 1.54) is 4.90 Å². The van der Waals surface area contributed by atoms with E-state index >= 15 is 0 Å². The maximum Gasteiger partial charge on any atom is 0.417 e. The molecular formula is C29H38N2O5Si. The third-order valence-corrected chi connectivity index (χ3v) is 12.8. The summed E-state index contributed by atoms with van der Waals surface area (Å²) in [7, 11) is -2.12. The standard InChI is InChI=1S/C29H38N2O5Si/c1-18(23-22(26(32)30-23)19(2)36-37(6,7)29(3,4)5)27(33)31-24(20-14-10-8-11-15-20)25(35-28(31)34)21-16-12-9-13-17-21/h8-19,22-25H,1-7H3,(H,30,32)/t18-,19-,22-,23-,24+,25-/m1/s1. The SMILES string of the molecule is C[C@@H](O[Si](C)(C)C(C)(C)C)[C@H]1C(=O)N[C@@H]1[C@@H](C)C(=O)N1C(=O)O[C@H](c2ccccc2)[C@@H]1c1ccccc1. The molecular weight excluding hydrogens is 484 g/mol. The molecule has 1 N–H and O–H groups in total. The summed E-state index contributed by atoms with van der Waals surface area (Å²) in [6.45, 7) is 14.4. The van der Waals surface area contributed by atoms with Gasteiger partial charge in [0.15, 0.2) is 14.4 Å². The van der Waals surface area contributed by atoms with Gasteiger partial charge in [-0.05, 0) is 36.2 Å². The first kappa shape index (κ1) is 27.1. The maximum absolute atomic E-state index is 13.9.